The van der Waals surface area contributed by atoms with E-state index in [-0.39, 0.29) is 5.75 Å². The van der Waals surface area contributed by atoms with E-state index >= 15 is 0 Å². The van der Waals surface area contributed by atoms with Gasteiger partial charge < -0.3 is 5.11 Å². The van der Waals surface area contributed by atoms with E-state index in [1.54, 1.807) is 29.7 Å². The molecule has 0 spiro atoms. The molecule has 1 aromatic heterocycles. The van der Waals surface area contributed by atoms with Crippen LogP contribution in [0.15, 0.2) is 29.3 Å². The third-order valence-electron chi connectivity index (χ3n) is 3.03. The number of benzene rings is 1. The Balaban J connectivity index is 1.82. The van der Waals surface area contributed by atoms with Crippen LogP contribution in [0.4, 0.5) is 5.13 Å². The third-order valence-corrected chi connectivity index (χ3v) is 4.09. The molecule has 0 aliphatic heterocycles. The highest BCUT2D eigenvalue weighted by Gasteiger charge is 2.14. The van der Waals surface area contributed by atoms with Crippen molar-refractivity contribution in [2.24, 2.45) is 4.99 Å². The number of phenols is 1. The van der Waals surface area contributed by atoms with E-state index in [2.05, 4.69) is 9.98 Å². The van der Waals surface area contributed by atoms with Crippen LogP contribution >= 0.6 is 11.3 Å². The van der Waals surface area contributed by atoms with Crippen LogP contribution in [-0.2, 0) is 12.8 Å². The molecule has 0 saturated heterocycles. The molecule has 18 heavy (non-hydrogen) atoms. The Kier molecular flexibility index (Phi) is 3.11. The summed E-state index contributed by atoms with van der Waals surface area (Å²) in [6.07, 6.45) is 6.50. The number of aromatic nitrogens is 1. The van der Waals surface area contributed by atoms with E-state index < -0.39 is 0 Å². The Morgan fingerprint density at radius 2 is 2.17 bits per heavy atom. The average Bonchev–Trinajstić information content (AvgIpc) is 2.79. The molecule has 0 saturated carbocycles. The van der Waals surface area contributed by atoms with Crippen molar-refractivity contribution in [3.63, 3.8) is 0 Å². The van der Waals surface area contributed by atoms with Crippen LogP contribution in [0.1, 0.15) is 29.0 Å². The number of rotatable bonds is 2. The highest BCUT2D eigenvalue weighted by atomic mass is 32.1. The lowest BCUT2D eigenvalue weighted by Gasteiger charge is -2.06. The number of thiazole rings is 1. The van der Waals surface area contributed by atoms with Crippen molar-refractivity contribution in [3.05, 3.63) is 40.4 Å². The highest BCUT2D eigenvalue weighted by molar-refractivity contribution is 7.15. The van der Waals surface area contributed by atoms with Crippen LogP contribution in [0, 0.1) is 0 Å². The Morgan fingerprint density at radius 1 is 1.28 bits per heavy atom. The molecule has 1 N–H and O–H groups in total. The minimum absolute atomic E-state index is 0.261. The topological polar surface area (TPSA) is 45.5 Å². The second-order valence-corrected chi connectivity index (χ2v) is 5.49. The summed E-state index contributed by atoms with van der Waals surface area (Å²) >= 11 is 1.69. The first-order valence-electron chi connectivity index (χ1n) is 6.13. The average molecular weight is 258 g/mol. The molecule has 3 nitrogen and oxygen atoms in total. The maximum atomic E-state index is 9.37. The van der Waals surface area contributed by atoms with E-state index in [9.17, 15) is 5.11 Å². The molecule has 1 heterocycles. The molecule has 1 aliphatic rings. The lowest BCUT2D eigenvalue weighted by Crippen LogP contribution is -1.98. The van der Waals surface area contributed by atoms with E-state index in [1.807, 2.05) is 12.1 Å². The van der Waals surface area contributed by atoms with Gasteiger partial charge in [-0.05, 0) is 43.4 Å². The van der Waals surface area contributed by atoms with Gasteiger partial charge in [0.1, 0.15) is 5.75 Å². The zero-order valence-corrected chi connectivity index (χ0v) is 10.8. The number of hydrogen-bond donors (Lipinski definition) is 1. The van der Waals surface area contributed by atoms with Gasteiger partial charge in [0.25, 0.3) is 0 Å². The van der Waals surface area contributed by atoms with Gasteiger partial charge in [0.2, 0.25) is 5.13 Å². The van der Waals surface area contributed by atoms with E-state index in [4.69, 9.17) is 0 Å². The van der Waals surface area contributed by atoms with Crippen molar-refractivity contribution in [1.82, 2.24) is 4.98 Å². The predicted molar refractivity (Wildman–Crippen MR) is 74.1 cm³/mol. The summed E-state index contributed by atoms with van der Waals surface area (Å²) in [6, 6.07) is 7.07. The number of phenolic OH excluding ortho intramolecular Hbond substituents is 1. The van der Waals surface area contributed by atoms with Gasteiger partial charge in [-0.1, -0.05) is 23.5 Å². The van der Waals surface area contributed by atoms with Crippen LogP contribution in [0.25, 0.3) is 0 Å². The highest BCUT2D eigenvalue weighted by Crippen LogP contribution is 2.31. The summed E-state index contributed by atoms with van der Waals surface area (Å²) in [5.41, 5.74) is 2.12. The summed E-state index contributed by atoms with van der Waals surface area (Å²) < 4.78 is 0. The quantitative estimate of drug-likeness (QED) is 0.838. The Bertz CT molecular complexity index is 566. The number of hydrogen-bond acceptors (Lipinski definition) is 4. The Labute approximate surface area is 110 Å². The summed E-state index contributed by atoms with van der Waals surface area (Å²) in [5.74, 6) is 0.261. The second kappa shape index (κ2) is 4.90. The molecule has 0 atom stereocenters. The van der Waals surface area contributed by atoms with Gasteiger partial charge >= 0.3 is 0 Å². The first kappa shape index (κ1) is 11.4. The number of aliphatic imine (C=N–C) groups is 1. The summed E-state index contributed by atoms with van der Waals surface area (Å²) in [6.45, 7) is 0. The molecule has 92 valence electrons. The largest absolute Gasteiger partial charge is 0.508 e. The van der Waals surface area contributed by atoms with Crippen LogP contribution in [0.2, 0.25) is 0 Å². The molecule has 1 aromatic carbocycles. The number of nitrogens with zero attached hydrogens (tertiary/aromatic N) is 2. The molecular formula is C14H14N2OS. The fourth-order valence-electron chi connectivity index (χ4n) is 2.13. The first-order valence-corrected chi connectivity index (χ1v) is 6.94. The summed E-state index contributed by atoms with van der Waals surface area (Å²) in [5, 5.41) is 10.2. The lowest BCUT2D eigenvalue weighted by atomic mass is 10.0. The maximum Gasteiger partial charge on any atom is 0.209 e. The predicted octanol–water partition coefficient (Wildman–Crippen LogP) is 3.48. The summed E-state index contributed by atoms with van der Waals surface area (Å²) in [7, 11) is 0. The lowest BCUT2D eigenvalue weighted by molar-refractivity contribution is 0.475. The minimum Gasteiger partial charge on any atom is -0.508 e. The van der Waals surface area contributed by atoms with Gasteiger partial charge in [0.15, 0.2) is 0 Å². The maximum absolute atomic E-state index is 9.37. The van der Waals surface area contributed by atoms with Crippen LogP contribution in [-0.4, -0.2) is 16.3 Å². The van der Waals surface area contributed by atoms with E-state index in [1.165, 1.54) is 23.4 Å². The van der Waals surface area contributed by atoms with Crippen molar-refractivity contribution in [2.45, 2.75) is 25.7 Å². The Morgan fingerprint density at radius 3 is 3.00 bits per heavy atom. The molecule has 3 rings (SSSR count). The zero-order chi connectivity index (χ0) is 12.4. The molecule has 0 amide bonds. The van der Waals surface area contributed by atoms with Gasteiger partial charge in [-0.25, -0.2) is 9.98 Å². The molecule has 4 heteroatoms. The van der Waals surface area contributed by atoms with E-state index in [0.29, 0.717) is 0 Å². The zero-order valence-electron chi connectivity index (χ0n) is 9.97. The fourth-order valence-corrected chi connectivity index (χ4v) is 3.12. The van der Waals surface area contributed by atoms with Gasteiger partial charge in [-0.15, -0.1) is 0 Å². The van der Waals surface area contributed by atoms with Crippen molar-refractivity contribution >= 4 is 22.7 Å². The number of fused-ring (bicyclic) bond motifs is 1. The smallest absolute Gasteiger partial charge is 0.209 e. The molecule has 0 bridgehead atoms. The third kappa shape index (κ3) is 2.43. The van der Waals surface area contributed by atoms with Crippen molar-refractivity contribution in [2.75, 3.05) is 0 Å². The van der Waals surface area contributed by atoms with Gasteiger partial charge in [0.05, 0.1) is 5.69 Å². The molecule has 0 fully saturated rings. The normalized spacial score (nSPS) is 14.9. The first-order chi connectivity index (χ1) is 8.81. The number of aryl methyl sites for hydroxylation is 2. The number of aromatic hydroxyl groups is 1. The summed E-state index contributed by atoms with van der Waals surface area (Å²) in [4.78, 5) is 10.3. The van der Waals surface area contributed by atoms with Crippen molar-refractivity contribution in [3.8, 4) is 5.75 Å². The molecular weight excluding hydrogens is 244 g/mol. The second-order valence-electron chi connectivity index (χ2n) is 4.43. The van der Waals surface area contributed by atoms with E-state index in [0.717, 1.165) is 23.5 Å². The standard InChI is InChI=1S/C14H14N2OS/c17-11-5-3-4-10(8-11)9-15-14-16-12-6-1-2-7-13(12)18-14/h3-5,8-9,17H,1-2,6-7H2/b15-9+. The van der Waals surface area contributed by atoms with Gasteiger partial charge in [-0.2, -0.15) is 0 Å². The SMILES string of the molecule is Oc1cccc(/C=N/c2nc3c(s2)CCCC3)c1. The molecule has 1 aliphatic carbocycles. The van der Waals surface area contributed by atoms with Crippen LogP contribution < -0.4 is 0 Å². The minimum atomic E-state index is 0.261. The van der Waals surface area contributed by atoms with Gasteiger partial charge in [-0.3, -0.25) is 0 Å². The van der Waals surface area contributed by atoms with Crippen molar-refractivity contribution in [1.29, 1.82) is 0 Å². The van der Waals surface area contributed by atoms with Gasteiger partial charge in [0, 0.05) is 11.1 Å². The van der Waals surface area contributed by atoms with Crippen LogP contribution in [0.3, 0.4) is 0 Å². The molecule has 2 aromatic rings. The van der Waals surface area contributed by atoms with Crippen LogP contribution in [0.5, 0.6) is 5.75 Å². The van der Waals surface area contributed by atoms with Crippen molar-refractivity contribution < 1.29 is 5.11 Å². The monoisotopic (exact) mass is 258 g/mol. The molecule has 0 radical (unpaired) electrons. The fraction of sp³-hybridized carbons (Fsp3) is 0.286. The Hall–Kier alpha value is -1.68. The molecule has 0 unspecified atom stereocenters.